The van der Waals surface area contributed by atoms with Gasteiger partial charge in [0.05, 0.1) is 0 Å². The van der Waals surface area contributed by atoms with Crippen molar-refractivity contribution < 1.29 is 4.79 Å². The standard InChI is InChI=1S/C9H13NO/c1-3-5-6-7-8-10-9(11)4-2/h3,5-8H,1,4H2,2H3,(H,10,11)/b6-5-,8-7+. The summed E-state index contributed by atoms with van der Waals surface area (Å²) in [5.41, 5.74) is 0. The molecule has 0 aromatic carbocycles. The monoisotopic (exact) mass is 151 g/mol. The Balaban J connectivity index is 3.52. The van der Waals surface area contributed by atoms with Crippen molar-refractivity contribution in [1.29, 1.82) is 0 Å². The van der Waals surface area contributed by atoms with E-state index in [1.165, 1.54) is 0 Å². The van der Waals surface area contributed by atoms with Gasteiger partial charge in [0, 0.05) is 12.6 Å². The highest BCUT2D eigenvalue weighted by Crippen LogP contribution is 1.77. The summed E-state index contributed by atoms with van der Waals surface area (Å²) < 4.78 is 0. The van der Waals surface area contributed by atoms with Crippen LogP contribution in [0.5, 0.6) is 0 Å². The molecule has 0 aromatic heterocycles. The molecule has 0 spiro atoms. The Kier molecular flexibility index (Phi) is 5.99. The highest BCUT2D eigenvalue weighted by atomic mass is 16.1. The fourth-order valence-electron chi connectivity index (χ4n) is 0.441. The fraction of sp³-hybridized carbons (Fsp3) is 0.222. The van der Waals surface area contributed by atoms with Crippen molar-refractivity contribution in [2.45, 2.75) is 13.3 Å². The van der Waals surface area contributed by atoms with Crippen LogP contribution < -0.4 is 5.32 Å². The Hall–Kier alpha value is -1.31. The van der Waals surface area contributed by atoms with Crippen LogP contribution in [0.15, 0.2) is 37.1 Å². The molecule has 0 saturated carbocycles. The van der Waals surface area contributed by atoms with E-state index >= 15 is 0 Å². The summed E-state index contributed by atoms with van der Waals surface area (Å²) in [5.74, 6) is 0.0215. The van der Waals surface area contributed by atoms with Gasteiger partial charge in [0.15, 0.2) is 0 Å². The molecule has 2 nitrogen and oxygen atoms in total. The number of hydrogen-bond donors (Lipinski definition) is 1. The maximum atomic E-state index is 10.6. The predicted octanol–water partition coefficient (Wildman–Crippen LogP) is 1.77. The van der Waals surface area contributed by atoms with Gasteiger partial charge in [-0.25, -0.2) is 0 Å². The minimum atomic E-state index is 0.0215. The third kappa shape index (κ3) is 6.58. The van der Waals surface area contributed by atoms with E-state index in [2.05, 4.69) is 11.9 Å². The minimum absolute atomic E-state index is 0.0215. The van der Waals surface area contributed by atoms with E-state index in [0.717, 1.165) is 0 Å². The van der Waals surface area contributed by atoms with E-state index in [1.54, 1.807) is 30.5 Å². The topological polar surface area (TPSA) is 29.1 Å². The zero-order chi connectivity index (χ0) is 8.53. The molecule has 0 unspecified atom stereocenters. The molecule has 2 heteroatoms. The van der Waals surface area contributed by atoms with E-state index < -0.39 is 0 Å². The van der Waals surface area contributed by atoms with Gasteiger partial charge in [-0.2, -0.15) is 0 Å². The zero-order valence-corrected chi connectivity index (χ0v) is 6.71. The van der Waals surface area contributed by atoms with E-state index in [-0.39, 0.29) is 5.91 Å². The Morgan fingerprint density at radius 1 is 1.45 bits per heavy atom. The normalized spacial score (nSPS) is 10.6. The van der Waals surface area contributed by atoms with Gasteiger partial charge >= 0.3 is 0 Å². The van der Waals surface area contributed by atoms with E-state index in [9.17, 15) is 4.79 Å². The van der Waals surface area contributed by atoms with Gasteiger partial charge in [-0.3, -0.25) is 4.79 Å². The Morgan fingerprint density at radius 2 is 2.18 bits per heavy atom. The van der Waals surface area contributed by atoms with Gasteiger partial charge in [0.25, 0.3) is 0 Å². The molecule has 0 saturated heterocycles. The van der Waals surface area contributed by atoms with Crippen molar-refractivity contribution in [3.8, 4) is 0 Å². The lowest BCUT2D eigenvalue weighted by Crippen LogP contribution is -2.14. The fourth-order valence-corrected chi connectivity index (χ4v) is 0.441. The summed E-state index contributed by atoms with van der Waals surface area (Å²) in [7, 11) is 0. The molecule has 1 amide bonds. The number of nitrogens with one attached hydrogen (secondary N) is 1. The SMILES string of the molecule is C=C/C=C\C=C\NC(=O)CC. The van der Waals surface area contributed by atoms with Crippen LogP contribution in [0.2, 0.25) is 0 Å². The van der Waals surface area contributed by atoms with Gasteiger partial charge in [0.2, 0.25) is 5.91 Å². The maximum absolute atomic E-state index is 10.6. The van der Waals surface area contributed by atoms with E-state index in [0.29, 0.717) is 6.42 Å². The first-order valence-electron chi connectivity index (χ1n) is 3.55. The third-order valence-electron chi connectivity index (χ3n) is 1.02. The van der Waals surface area contributed by atoms with Crippen molar-refractivity contribution >= 4 is 5.91 Å². The Morgan fingerprint density at radius 3 is 2.73 bits per heavy atom. The molecule has 0 radical (unpaired) electrons. The molecular formula is C9H13NO. The molecule has 11 heavy (non-hydrogen) atoms. The first-order chi connectivity index (χ1) is 5.31. The summed E-state index contributed by atoms with van der Waals surface area (Å²) in [6, 6.07) is 0. The molecule has 0 aliphatic rings. The van der Waals surface area contributed by atoms with Crippen LogP contribution in [0.1, 0.15) is 13.3 Å². The second-order valence-corrected chi connectivity index (χ2v) is 1.90. The van der Waals surface area contributed by atoms with Gasteiger partial charge in [-0.05, 0) is 6.08 Å². The molecule has 0 aromatic rings. The van der Waals surface area contributed by atoms with Crippen molar-refractivity contribution in [3.63, 3.8) is 0 Å². The van der Waals surface area contributed by atoms with E-state index in [1.807, 2.05) is 6.92 Å². The van der Waals surface area contributed by atoms with E-state index in [4.69, 9.17) is 0 Å². The second-order valence-electron chi connectivity index (χ2n) is 1.90. The Labute approximate surface area is 67.3 Å². The van der Waals surface area contributed by atoms with Gasteiger partial charge in [0.1, 0.15) is 0 Å². The number of rotatable bonds is 4. The molecule has 0 atom stereocenters. The molecule has 0 aliphatic carbocycles. The van der Waals surface area contributed by atoms with Crippen LogP contribution in [0.25, 0.3) is 0 Å². The summed E-state index contributed by atoms with van der Waals surface area (Å²) in [6.45, 7) is 5.31. The number of amides is 1. The molecule has 0 aliphatic heterocycles. The zero-order valence-electron chi connectivity index (χ0n) is 6.71. The largest absolute Gasteiger partial charge is 0.333 e. The molecule has 0 fully saturated rings. The van der Waals surface area contributed by atoms with Gasteiger partial charge in [-0.15, -0.1) is 0 Å². The quantitative estimate of drug-likeness (QED) is 0.609. The predicted molar refractivity (Wildman–Crippen MR) is 46.9 cm³/mol. The van der Waals surface area contributed by atoms with Gasteiger partial charge in [-0.1, -0.05) is 31.7 Å². The summed E-state index contributed by atoms with van der Waals surface area (Å²) in [4.78, 5) is 10.6. The third-order valence-corrected chi connectivity index (χ3v) is 1.02. The molecule has 0 bridgehead atoms. The van der Waals surface area contributed by atoms with Crippen LogP contribution >= 0.6 is 0 Å². The van der Waals surface area contributed by atoms with Crippen LogP contribution in [0.3, 0.4) is 0 Å². The average molecular weight is 151 g/mol. The van der Waals surface area contributed by atoms with Crippen LogP contribution in [-0.4, -0.2) is 5.91 Å². The lowest BCUT2D eigenvalue weighted by Gasteiger charge is -1.91. The van der Waals surface area contributed by atoms with Crippen LogP contribution in [-0.2, 0) is 4.79 Å². The summed E-state index contributed by atoms with van der Waals surface area (Å²) in [5, 5.41) is 2.59. The molecule has 1 N–H and O–H groups in total. The maximum Gasteiger partial charge on any atom is 0.223 e. The van der Waals surface area contributed by atoms with Crippen LogP contribution in [0.4, 0.5) is 0 Å². The average Bonchev–Trinajstić information content (AvgIpc) is 2.04. The van der Waals surface area contributed by atoms with Gasteiger partial charge < -0.3 is 5.32 Å². The highest BCUT2D eigenvalue weighted by Gasteiger charge is 1.87. The lowest BCUT2D eigenvalue weighted by atomic mass is 10.4. The molecule has 60 valence electrons. The number of allylic oxidation sites excluding steroid dienone is 4. The van der Waals surface area contributed by atoms with Crippen LogP contribution in [0, 0.1) is 0 Å². The summed E-state index contributed by atoms with van der Waals surface area (Å²) in [6.07, 6.45) is 9.11. The highest BCUT2D eigenvalue weighted by molar-refractivity contribution is 5.76. The molecule has 0 rings (SSSR count). The summed E-state index contributed by atoms with van der Waals surface area (Å²) >= 11 is 0. The first-order valence-corrected chi connectivity index (χ1v) is 3.55. The second kappa shape index (κ2) is 6.81. The molecular weight excluding hydrogens is 138 g/mol. The van der Waals surface area contributed by atoms with Crippen molar-refractivity contribution in [2.75, 3.05) is 0 Å². The lowest BCUT2D eigenvalue weighted by molar-refractivity contribution is -0.119. The smallest absolute Gasteiger partial charge is 0.223 e. The van der Waals surface area contributed by atoms with Crippen molar-refractivity contribution in [3.05, 3.63) is 37.1 Å². The Bertz CT molecular complexity index is 180. The number of hydrogen-bond acceptors (Lipinski definition) is 1. The van der Waals surface area contributed by atoms with Crippen molar-refractivity contribution in [1.82, 2.24) is 5.32 Å². The molecule has 0 heterocycles. The van der Waals surface area contributed by atoms with Crippen molar-refractivity contribution in [2.24, 2.45) is 0 Å². The number of carbonyl (C=O) groups is 1. The first kappa shape index (κ1) is 9.69. The minimum Gasteiger partial charge on any atom is -0.333 e. The number of carbonyl (C=O) groups excluding carboxylic acids is 1.